The number of benzene rings is 1. The second-order valence-electron chi connectivity index (χ2n) is 4.11. The average molecular weight is 329 g/mol. The van der Waals surface area contributed by atoms with Gasteiger partial charge >= 0.3 is 5.97 Å². The van der Waals surface area contributed by atoms with E-state index in [2.05, 4.69) is 9.71 Å². The van der Waals surface area contributed by atoms with Crippen molar-refractivity contribution in [1.82, 2.24) is 9.71 Å². The van der Waals surface area contributed by atoms with Gasteiger partial charge in [-0.2, -0.15) is 4.72 Å². The van der Waals surface area contributed by atoms with E-state index in [9.17, 15) is 13.2 Å². The fraction of sp³-hybridized carbons (Fsp3) is 0.333. The zero-order valence-corrected chi connectivity index (χ0v) is 12.9. The van der Waals surface area contributed by atoms with E-state index in [4.69, 9.17) is 10.5 Å². The summed E-state index contributed by atoms with van der Waals surface area (Å²) >= 11 is 1.03. The van der Waals surface area contributed by atoms with E-state index in [-0.39, 0.29) is 17.5 Å². The van der Waals surface area contributed by atoms with Gasteiger partial charge in [-0.25, -0.2) is 13.4 Å². The van der Waals surface area contributed by atoms with Crippen molar-refractivity contribution in [2.45, 2.75) is 17.3 Å². The van der Waals surface area contributed by atoms with Gasteiger partial charge in [0.1, 0.15) is 6.04 Å². The van der Waals surface area contributed by atoms with Crippen LogP contribution >= 0.6 is 11.3 Å². The molecule has 21 heavy (non-hydrogen) atoms. The number of nitrogens with two attached hydrogens (primary N) is 1. The molecular weight excluding hydrogens is 314 g/mol. The van der Waals surface area contributed by atoms with Crippen LogP contribution in [0.3, 0.4) is 0 Å². The molecule has 0 aliphatic carbocycles. The highest BCUT2D eigenvalue weighted by Gasteiger charge is 2.28. The van der Waals surface area contributed by atoms with Gasteiger partial charge in [-0.15, -0.1) is 11.3 Å². The Morgan fingerprint density at radius 3 is 2.81 bits per heavy atom. The van der Waals surface area contributed by atoms with Crippen molar-refractivity contribution >= 4 is 37.5 Å². The van der Waals surface area contributed by atoms with Crippen LogP contribution < -0.4 is 10.5 Å². The number of thiazole rings is 1. The molecule has 0 saturated carbocycles. The molecule has 7 nitrogen and oxygen atoms in total. The van der Waals surface area contributed by atoms with Crippen LogP contribution in [0.25, 0.3) is 10.2 Å². The number of nitrogens with one attached hydrogen (secondary N) is 1. The third-order valence-corrected chi connectivity index (χ3v) is 5.49. The Balaban J connectivity index is 2.26. The SMILES string of the molecule is CCOC(=O)C(CN)NS(=O)(=O)c1nc2ccccc2s1. The van der Waals surface area contributed by atoms with Crippen molar-refractivity contribution in [2.75, 3.05) is 13.2 Å². The molecule has 1 aromatic heterocycles. The van der Waals surface area contributed by atoms with Gasteiger partial charge in [0, 0.05) is 6.54 Å². The quantitative estimate of drug-likeness (QED) is 0.745. The number of para-hydroxylation sites is 1. The van der Waals surface area contributed by atoms with Crippen LogP contribution in [0.15, 0.2) is 28.6 Å². The van der Waals surface area contributed by atoms with E-state index in [0.29, 0.717) is 5.52 Å². The number of fused-ring (bicyclic) bond motifs is 1. The Morgan fingerprint density at radius 1 is 1.48 bits per heavy atom. The third kappa shape index (κ3) is 3.56. The fourth-order valence-corrected chi connectivity index (χ4v) is 4.07. The second-order valence-corrected chi connectivity index (χ2v) is 7.03. The maximum absolute atomic E-state index is 12.3. The van der Waals surface area contributed by atoms with Crippen molar-refractivity contribution in [2.24, 2.45) is 5.73 Å². The number of carbonyl (C=O) groups is 1. The Hall–Kier alpha value is -1.55. The summed E-state index contributed by atoms with van der Waals surface area (Å²) in [5.74, 6) is -0.704. The highest BCUT2D eigenvalue weighted by Crippen LogP contribution is 2.24. The zero-order valence-electron chi connectivity index (χ0n) is 11.3. The van der Waals surface area contributed by atoms with Crippen LogP contribution in [0.2, 0.25) is 0 Å². The van der Waals surface area contributed by atoms with Crippen LogP contribution in [0.5, 0.6) is 0 Å². The molecule has 0 spiro atoms. The molecule has 1 aromatic carbocycles. The molecule has 0 radical (unpaired) electrons. The van der Waals surface area contributed by atoms with E-state index >= 15 is 0 Å². The summed E-state index contributed by atoms with van der Waals surface area (Å²) in [5, 5.41) is 0. The molecule has 2 aromatic rings. The van der Waals surface area contributed by atoms with E-state index in [1.807, 2.05) is 0 Å². The molecule has 1 unspecified atom stereocenters. The number of nitrogens with zero attached hydrogens (tertiary/aromatic N) is 1. The van der Waals surface area contributed by atoms with Gasteiger partial charge in [0.15, 0.2) is 0 Å². The van der Waals surface area contributed by atoms with Crippen LogP contribution in [-0.2, 0) is 19.6 Å². The maximum atomic E-state index is 12.3. The molecule has 3 N–H and O–H groups in total. The molecule has 1 atom stereocenters. The average Bonchev–Trinajstić information content (AvgIpc) is 2.90. The van der Waals surface area contributed by atoms with Crippen molar-refractivity contribution in [3.63, 3.8) is 0 Å². The molecule has 114 valence electrons. The van der Waals surface area contributed by atoms with Gasteiger partial charge in [-0.05, 0) is 19.1 Å². The van der Waals surface area contributed by atoms with Gasteiger partial charge < -0.3 is 10.5 Å². The van der Waals surface area contributed by atoms with Crippen molar-refractivity contribution in [3.8, 4) is 0 Å². The minimum absolute atomic E-state index is 0.105. The molecular formula is C12H15N3O4S2. The second kappa shape index (κ2) is 6.48. The lowest BCUT2D eigenvalue weighted by atomic mass is 10.3. The molecule has 2 rings (SSSR count). The smallest absolute Gasteiger partial charge is 0.325 e. The summed E-state index contributed by atoms with van der Waals surface area (Å²) in [6, 6.07) is 5.94. The van der Waals surface area contributed by atoms with Crippen molar-refractivity contribution in [3.05, 3.63) is 24.3 Å². The zero-order chi connectivity index (χ0) is 15.5. The van der Waals surface area contributed by atoms with Gasteiger partial charge in [0.2, 0.25) is 4.34 Å². The highest BCUT2D eigenvalue weighted by atomic mass is 32.2. The Labute approximate surface area is 126 Å². The number of carbonyl (C=O) groups excluding carboxylic acids is 1. The van der Waals surface area contributed by atoms with Crippen LogP contribution in [0.1, 0.15) is 6.92 Å². The van der Waals surface area contributed by atoms with E-state index in [0.717, 1.165) is 16.0 Å². The van der Waals surface area contributed by atoms with Gasteiger partial charge in [0.25, 0.3) is 10.0 Å². The van der Waals surface area contributed by atoms with E-state index in [1.165, 1.54) is 0 Å². The molecule has 9 heteroatoms. The molecule has 0 saturated heterocycles. The molecule has 1 heterocycles. The first-order valence-corrected chi connectivity index (χ1v) is 8.52. The first-order valence-electron chi connectivity index (χ1n) is 6.22. The molecule has 0 fully saturated rings. The number of esters is 1. The summed E-state index contributed by atoms with van der Waals surface area (Å²) in [4.78, 5) is 15.7. The number of ether oxygens (including phenoxy) is 1. The van der Waals surface area contributed by atoms with E-state index < -0.39 is 22.0 Å². The van der Waals surface area contributed by atoms with Crippen molar-refractivity contribution in [1.29, 1.82) is 0 Å². The van der Waals surface area contributed by atoms with Crippen LogP contribution in [0.4, 0.5) is 0 Å². The summed E-state index contributed by atoms with van der Waals surface area (Å²) < 4.78 is 32.1. The van der Waals surface area contributed by atoms with Gasteiger partial charge in [-0.3, -0.25) is 4.79 Å². The Morgan fingerprint density at radius 2 is 2.19 bits per heavy atom. The standard InChI is InChI=1S/C12H15N3O4S2/c1-2-19-11(16)9(7-13)15-21(17,18)12-14-8-5-3-4-6-10(8)20-12/h3-6,9,15H,2,7,13H2,1H3. The highest BCUT2D eigenvalue weighted by molar-refractivity contribution is 7.91. The lowest BCUT2D eigenvalue weighted by molar-refractivity contribution is -0.144. The molecule has 0 amide bonds. The normalized spacial score (nSPS) is 13.2. The predicted octanol–water partition coefficient (Wildman–Crippen LogP) is 0.465. The summed E-state index contributed by atoms with van der Waals surface area (Å²) in [6.07, 6.45) is 0. The largest absolute Gasteiger partial charge is 0.465 e. The van der Waals surface area contributed by atoms with Gasteiger partial charge in [0.05, 0.1) is 16.8 Å². The summed E-state index contributed by atoms with van der Waals surface area (Å²) in [5.41, 5.74) is 6.01. The number of rotatable bonds is 6. The van der Waals surface area contributed by atoms with Crippen molar-refractivity contribution < 1.29 is 17.9 Å². The molecule has 0 aliphatic rings. The van der Waals surface area contributed by atoms with Gasteiger partial charge in [-0.1, -0.05) is 12.1 Å². The lowest BCUT2D eigenvalue weighted by Gasteiger charge is -2.14. The number of hydrogen-bond donors (Lipinski definition) is 2. The monoisotopic (exact) mass is 329 g/mol. The Kier molecular flexibility index (Phi) is 4.88. The minimum Gasteiger partial charge on any atom is -0.465 e. The number of aromatic nitrogens is 1. The van der Waals surface area contributed by atoms with E-state index in [1.54, 1.807) is 31.2 Å². The predicted molar refractivity (Wildman–Crippen MR) is 79.4 cm³/mol. The molecule has 0 aliphatic heterocycles. The topological polar surface area (TPSA) is 111 Å². The molecule has 0 bridgehead atoms. The van der Waals surface area contributed by atoms with Crippen LogP contribution in [0, 0.1) is 0 Å². The Bertz CT molecular complexity index is 709. The number of sulfonamides is 1. The lowest BCUT2D eigenvalue weighted by Crippen LogP contribution is -2.46. The first-order chi connectivity index (χ1) is 9.97. The fourth-order valence-electron chi connectivity index (χ4n) is 1.64. The maximum Gasteiger partial charge on any atom is 0.325 e. The number of hydrogen-bond acceptors (Lipinski definition) is 7. The first kappa shape index (κ1) is 15.8. The summed E-state index contributed by atoms with van der Waals surface area (Å²) in [6.45, 7) is 1.59. The minimum atomic E-state index is -3.92. The summed E-state index contributed by atoms with van der Waals surface area (Å²) in [7, 11) is -3.92. The van der Waals surface area contributed by atoms with Crippen LogP contribution in [-0.4, -0.2) is 38.6 Å². The third-order valence-electron chi connectivity index (χ3n) is 2.61.